The Morgan fingerprint density at radius 3 is 2.50 bits per heavy atom. The van der Waals surface area contributed by atoms with Crippen molar-refractivity contribution in [1.29, 1.82) is 0 Å². The van der Waals surface area contributed by atoms with E-state index in [1.807, 2.05) is 79.4 Å². The van der Waals surface area contributed by atoms with Gasteiger partial charge in [-0.25, -0.2) is 0 Å². The van der Waals surface area contributed by atoms with E-state index in [1.165, 1.54) is 22.2 Å². The lowest BCUT2D eigenvalue weighted by Gasteiger charge is -2.29. The molecule has 0 unspecified atom stereocenters. The van der Waals surface area contributed by atoms with E-state index in [1.54, 1.807) is 12.1 Å². The molecule has 6 rings (SSSR count). The second-order valence-corrected chi connectivity index (χ2v) is 11.3. The van der Waals surface area contributed by atoms with Gasteiger partial charge in [0.2, 0.25) is 5.91 Å². The summed E-state index contributed by atoms with van der Waals surface area (Å²) in [5.41, 5.74) is 6.79. The summed E-state index contributed by atoms with van der Waals surface area (Å²) in [4.78, 5) is 45.8. The minimum absolute atomic E-state index is 0.0868. The van der Waals surface area contributed by atoms with E-state index >= 15 is 0 Å². The quantitative estimate of drug-likeness (QED) is 0.328. The van der Waals surface area contributed by atoms with Gasteiger partial charge < -0.3 is 10.2 Å². The zero-order valence-corrected chi connectivity index (χ0v) is 23.3. The fourth-order valence-electron chi connectivity index (χ4n) is 5.28. The third kappa shape index (κ3) is 4.89. The zero-order chi connectivity index (χ0) is 27.8. The smallest absolute Gasteiger partial charge is 0.259 e. The van der Waals surface area contributed by atoms with Crippen LogP contribution in [0.2, 0.25) is 0 Å². The molecule has 200 valence electrons. The number of benzene rings is 4. The van der Waals surface area contributed by atoms with E-state index in [2.05, 4.69) is 17.4 Å². The van der Waals surface area contributed by atoms with Gasteiger partial charge in [0.05, 0.1) is 11.3 Å². The van der Waals surface area contributed by atoms with E-state index in [4.69, 9.17) is 0 Å². The van der Waals surface area contributed by atoms with Gasteiger partial charge in [-0.3, -0.25) is 19.3 Å². The van der Waals surface area contributed by atoms with Crippen molar-refractivity contribution in [2.24, 2.45) is 0 Å². The summed E-state index contributed by atoms with van der Waals surface area (Å²) in [6.07, 6.45) is 0.807. The number of aryl methyl sites for hydroxylation is 1. The van der Waals surface area contributed by atoms with E-state index < -0.39 is 0 Å². The maximum absolute atomic E-state index is 13.9. The van der Waals surface area contributed by atoms with Crippen LogP contribution in [0.15, 0.2) is 94.7 Å². The highest BCUT2D eigenvalue weighted by Gasteiger charge is 2.30. The van der Waals surface area contributed by atoms with Crippen molar-refractivity contribution in [2.75, 3.05) is 23.3 Å². The van der Waals surface area contributed by atoms with Gasteiger partial charge in [0, 0.05) is 34.1 Å². The molecular formula is C33H29N3O3S. The largest absolute Gasteiger partial charge is 0.334 e. The molecule has 4 aromatic rings. The third-order valence-corrected chi connectivity index (χ3v) is 8.82. The first-order valence-corrected chi connectivity index (χ1v) is 14.2. The van der Waals surface area contributed by atoms with Gasteiger partial charge in [0.15, 0.2) is 0 Å². The molecule has 40 heavy (non-hydrogen) atoms. The molecule has 4 aromatic carbocycles. The van der Waals surface area contributed by atoms with Crippen LogP contribution < -0.4 is 10.2 Å². The Hall–Kier alpha value is -4.36. The van der Waals surface area contributed by atoms with E-state index in [0.29, 0.717) is 29.9 Å². The van der Waals surface area contributed by atoms with E-state index in [9.17, 15) is 14.4 Å². The van der Waals surface area contributed by atoms with Crippen molar-refractivity contribution < 1.29 is 14.4 Å². The predicted molar refractivity (Wildman–Crippen MR) is 158 cm³/mol. The van der Waals surface area contributed by atoms with Gasteiger partial charge >= 0.3 is 0 Å². The molecular weight excluding hydrogens is 518 g/mol. The van der Waals surface area contributed by atoms with Crippen molar-refractivity contribution in [3.05, 3.63) is 118 Å². The molecule has 3 amide bonds. The monoisotopic (exact) mass is 547 g/mol. The Morgan fingerprint density at radius 1 is 0.875 bits per heavy atom. The van der Waals surface area contributed by atoms with Crippen LogP contribution >= 0.6 is 11.8 Å². The van der Waals surface area contributed by atoms with Crippen LogP contribution in [-0.4, -0.2) is 35.7 Å². The van der Waals surface area contributed by atoms with Gasteiger partial charge in [-0.05, 0) is 78.9 Å². The van der Waals surface area contributed by atoms with Crippen molar-refractivity contribution in [1.82, 2.24) is 4.90 Å². The van der Waals surface area contributed by atoms with Crippen LogP contribution in [0.5, 0.6) is 0 Å². The summed E-state index contributed by atoms with van der Waals surface area (Å²) in [5, 5.41) is 2.98. The van der Waals surface area contributed by atoms with Crippen LogP contribution in [0, 0.1) is 13.8 Å². The lowest BCUT2D eigenvalue weighted by atomic mass is 9.99. The lowest BCUT2D eigenvalue weighted by molar-refractivity contribution is -0.114. The average Bonchev–Trinajstić information content (AvgIpc) is 3.08. The second kappa shape index (κ2) is 10.7. The number of rotatable bonds is 4. The standard InChI is InChI=1S/C33H29N3O3S/c1-21-8-7-12-27(22(21)2)34-31(37)20-36-28-18-24(32(38)35-17-16-23-9-3-4-10-25(23)19-35)14-15-30(28)40-29-13-6-5-11-26(29)33(36)39/h3-15,18H,16-17,19-20H2,1-2H3,(H,34,37). The van der Waals surface area contributed by atoms with Crippen molar-refractivity contribution in [3.63, 3.8) is 0 Å². The minimum Gasteiger partial charge on any atom is -0.334 e. The summed E-state index contributed by atoms with van der Waals surface area (Å²) in [5.74, 6) is -0.660. The predicted octanol–water partition coefficient (Wildman–Crippen LogP) is 6.25. The number of fused-ring (bicyclic) bond motifs is 3. The molecule has 0 saturated heterocycles. The first kappa shape index (κ1) is 25.9. The van der Waals surface area contributed by atoms with Gasteiger partial charge in [-0.2, -0.15) is 0 Å². The Kier molecular flexibility index (Phi) is 6.90. The zero-order valence-electron chi connectivity index (χ0n) is 22.4. The molecule has 0 fully saturated rings. The van der Waals surface area contributed by atoms with Gasteiger partial charge in [-0.15, -0.1) is 0 Å². The Balaban J connectivity index is 1.33. The molecule has 2 heterocycles. The number of hydrogen-bond donors (Lipinski definition) is 1. The van der Waals surface area contributed by atoms with Gasteiger partial charge in [-0.1, -0.05) is 60.3 Å². The molecule has 2 aliphatic heterocycles. The normalized spacial score (nSPS) is 14.1. The maximum Gasteiger partial charge on any atom is 0.259 e. The van der Waals surface area contributed by atoms with Crippen molar-refractivity contribution in [3.8, 4) is 0 Å². The number of hydrogen-bond acceptors (Lipinski definition) is 4. The fourth-order valence-corrected chi connectivity index (χ4v) is 6.34. The summed E-state index contributed by atoms with van der Waals surface area (Å²) in [6, 6.07) is 26.8. The van der Waals surface area contributed by atoms with Crippen LogP contribution in [0.4, 0.5) is 11.4 Å². The topological polar surface area (TPSA) is 69.7 Å². The Labute approximate surface area is 238 Å². The SMILES string of the molecule is Cc1cccc(NC(=O)CN2C(=O)c3ccccc3Sc3ccc(C(=O)N4CCc5ccccc5C4)cc32)c1C. The Bertz CT molecular complexity index is 1660. The molecule has 0 aromatic heterocycles. The molecule has 0 atom stereocenters. The first-order valence-electron chi connectivity index (χ1n) is 13.3. The highest BCUT2D eigenvalue weighted by molar-refractivity contribution is 7.99. The molecule has 7 heteroatoms. The number of carbonyl (C=O) groups excluding carboxylic acids is 3. The number of nitrogens with one attached hydrogen (secondary N) is 1. The molecule has 0 spiro atoms. The van der Waals surface area contributed by atoms with Crippen molar-refractivity contribution in [2.45, 2.75) is 36.6 Å². The highest BCUT2D eigenvalue weighted by atomic mass is 32.2. The number of anilines is 2. The Morgan fingerprint density at radius 2 is 1.65 bits per heavy atom. The van der Waals surface area contributed by atoms with Crippen LogP contribution in [-0.2, 0) is 17.8 Å². The molecule has 0 aliphatic carbocycles. The molecule has 0 radical (unpaired) electrons. The lowest BCUT2D eigenvalue weighted by Crippen LogP contribution is -2.39. The van der Waals surface area contributed by atoms with Crippen molar-refractivity contribution >= 4 is 40.9 Å². The fraction of sp³-hybridized carbons (Fsp3) is 0.182. The molecule has 1 N–H and O–H groups in total. The third-order valence-electron chi connectivity index (χ3n) is 7.68. The van der Waals surface area contributed by atoms with E-state index in [0.717, 1.165) is 38.6 Å². The summed E-state index contributed by atoms with van der Waals surface area (Å²) >= 11 is 1.47. The minimum atomic E-state index is -0.304. The molecule has 6 nitrogen and oxygen atoms in total. The molecule has 0 saturated carbocycles. The first-order chi connectivity index (χ1) is 19.4. The van der Waals surface area contributed by atoms with Crippen LogP contribution in [0.1, 0.15) is 43.0 Å². The summed E-state index contributed by atoms with van der Waals surface area (Å²) in [6.45, 7) is 4.96. The average molecular weight is 548 g/mol. The van der Waals surface area contributed by atoms with Crippen LogP contribution in [0.25, 0.3) is 0 Å². The summed E-state index contributed by atoms with van der Waals surface area (Å²) < 4.78 is 0. The number of nitrogens with zero attached hydrogens (tertiary/aromatic N) is 2. The molecule has 0 bridgehead atoms. The number of carbonyl (C=O) groups is 3. The second-order valence-electron chi connectivity index (χ2n) is 10.2. The molecule has 2 aliphatic rings. The maximum atomic E-state index is 13.9. The number of amides is 3. The van der Waals surface area contributed by atoms with Crippen LogP contribution in [0.3, 0.4) is 0 Å². The van der Waals surface area contributed by atoms with E-state index in [-0.39, 0.29) is 24.3 Å². The summed E-state index contributed by atoms with van der Waals surface area (Å²) in [7, 11) is 0. The van der Waals surface area contributed by atoms with Gasteiger partial charge in [0.1, 0.15) is 6.54 Å². The highest BCUT2D eigenvalue weighted by Crippen LogP contribution is 2.42. The van der Waals surface area contributed by atoms with Gasteiger partial charge in [0.25, 0.3) is 11.8 Å².